The van der Waals surface area contributed by atoms with Crippen LogP contribution in [-0.2, 0) is 16.1 Å². The molecule has 35 heavy (non-hydrogen) atoms. The minimum atomic E-state index is -4.78. The van der Waals surface area contributed by atoms with Crippen LogP contribution < -0.4 is 14.9 Å². The normalized spacial score (nSPS) is 12.0. The number of nitrogens with zero attached hydrogens (tertiary/aromatic N) is 3. The predicted octanol–water partition coefficient (Wildman–Crippen LogP) is 3.71. The van der Waals surface area contributed by atoms with E-state index in [-0.39, 0.29) is 24.0 Å². The fraction of sp³-hybridized carbons (Fsp3) is 0.304. The van der Waals surface area contributed by atoms with E-state index in [0.717, 1.165) is 5.56 Å². The minimum Gasteiger partial charge on any atom is -0.406 e. The molecule has 8 nitrogen and oxygen atoms in total. The van der Waals surface area contributed by atoms with Crippen LogP contribution in [-0.4, -0.2) is 48.0 Å². The van der Waals surface area contributed by atoms with Gasteiger partial charge in [-0.2, -0.15) is 4.99 Å². The van der Waals surface area contributed by atoms with Gasteiger partial charge in [-0.1, -0.05) is 6.07 Å². The number of benzene rings is 1. The number of aromatic nitrogens is 2. The lowest BCUT2D eigenvalue weighted by Crippen LogP contribution is -2.29. The lowest BCUT2D eigenvalue weighted by molar-refractivity contribution is -0.274. The van der Waals surface area contributed by atoms with E-state index < -0.39 is 12.3 Å². The number of nitrogens with one attached hydrogen (secondary N) is 1. The number of pyridine rings is 1. The summed E-state index contributed by atoms with van der Waals surface area (Å²) in [6, 6.07) is 8.77. The Balaban J connectivity index is 1.88. The Hall–Kier alpha value is -3.51. The van der Waals surface area contributed by atoms with Crippen molar-refractivity contribution in [3.05, 3.63) is 64.0 Å². The van der Waals surface area contributed by atoms with Gasteiger partial charge >= 0.3 is 6.36 Å². The first kappa shape index (κ1) is 26.1. The van der Waals surface area contributed by atoms with Gasteiger partial charge in [0.05, 0.1) is 5.69 Å². The van der Waals surface area contributed by atoms with Crippen molar-refractivity contribution in [2.45, 2.75) is 26.3 Å². The molecule has 0 spiro atoms. The number of alkyl halides is 3. The zero-order valence-corrected chi connectivity index (χ0v) is 19.8. The van der Waals surface area contributed by atoms with Crippen LogP contribution in [0, 0.1) is 6.92 Å². The first-order valence-corrected chi connectivity index (χ1v) is 11.4. The molecule has 0 saturated carbocycles. The van der Waals surface area contributed by atoms with Crippen LogP contribution in [0.2, 0.25) is 0 Å². The van der Waals surface area contributed by atoms with Gasteiger partial charge in [0.2, 0.25) is 5.91 Å². The Kier molecular flexibility index (Phi) is 8.77. The predicted molar refractivity (Wildman–Crippen MR) is 123 cm³/mol. The van der Waals surface area contributed by atoms with E-state index in [9.17, 15) is 22.8 Å². The second kappa shape index (κ2) is 11.8. The topological polar surface area (TPSA) is 94.8 Å². The average molecular weight is 509 g/mol. The molecule has 0 fully saturated rings. The Morgan fingerprint density at radius 1 is 1.17 bits per heavy atom. The number of hydrogen-bond acceptors (Lipinski definition) is 6. The molecule has 186 valence electrons. The number of methoxy groups -OCH3 is 1. The molecule has 0 atom stereocenters. The first-order chi connectivity index (χ1) is 16.7. The maximum absolute atomic E-state index is 12.7. The van der Waals surface area contributed by atoms with Crippen LogP contribution >= 0.6 is 11.3 Å². The van der Waals surface area contributed by atoms with Gasteiger partial charge in [-0.3, -0.25) is 14.6 Å². The number of rotatable bonds is 9. The summed E-state index contributed by atoms with van der Waals surface area (Å²) in [5.74, 6) is -1.11. The average Bonchev–Trinajstić information content (AvgIpc) is 3.19. The molecule has 0 saturated heterocycles. The van der Waals surface area contributed by atoms with Gasteiger partial charge < -0.3 is 19.4 Å². The van der Waals surface area contributed by atoms with E-state index in [4.69, 9.17) is 4.74 Å². The maximum Gasteiger partial charge on any atom is 0.573 e. The molecule has 0 aliphatic heterocycles. The molecular formula is C23H23F3N4O4S. The quantitative estimate of drug-likeness (QED) is 0.445. The van der Waals surface area contributed by atoms with Crippen LogP contribution in [0.5, 0.6) is 5.75 Å². The molecule has 12 heteroatoms. The van der Waals surface area contributed by atoms with Crippen molar-refractivity contribution in [3.8, 4) is 17.0 Å². The van der Waals surface area contributed by atoms with E-state index in [1.807, 2.05) is 6.92 Å². The molecule has 0 bridgehead atoms. The van der Waals surface area contributed by atoms with Gasteiger partial charge in [0, 0.05) is 31.8 Å². The molecule has 0 unspecified atom stereocenters. The van der Waals surface area contributed by atoms with Crippen molar-refractivity contribution in [3.63, 3.8) is 0 Å². The van der Waals surface area contributed by atoms with E-state index in [2.05, 4.69) is 20.0 Å². The van der Waals surface area contributed by atoms with Crippen molar-refractivity contribution >= 4 is 23.2 Å². The van der Waals surface area contributed by atoms with Gasteiger partial charge in [-0.15, -0.1) is 24.5 Å². The third-order valence-electron chi connectivity index (χ3n) is 4.67. The molecule has 0 radical (unpaired) electrons. The molecular weight excluding hydrogens is 485 g/mol. The van der Waals surface area contributed by atoms with Gasteiger partial charge in [-0.25, -0.2) is 0 Å². The smallest absolute Gasteiger partial charge is 0.406 e. The Morgan fingerprint density at radius 2 is 1.91 bits per heavy atom. The number of aryl methyl sites for hydroxylation is 1. The summed E-state index contributed by atoms with van der Waals surface area (Å²) in [5.41, 5.74) is 2.36. The molecule has 1 aromatic carbocycles. The number of halogens is 3. The van der Waals surface area contributed by atoms with E-state index in [1.165, 1.54) is 42.7 Å². The monoisotopic (exact) mass is 508 g/mol. The summed E-state index contributed by atoms with van der Waals surface area (Å²) in [7, 11) is 1.42. The standard InChI is InChI=1S/C23H23F3N4O4S/c1-15-4-9-18(28-12-15)21(32)29-22-30(11-3-10-27-20(31)13-33-2)19(14-35-22)16-5-7-17(8-6-16)34-23(24,25)26/h4-9,12,14H,3,10-11,13H2,1-2H3,(H,27,31). The summed E-state index contributed by atoms with van der Waals surface area (Å²) in [6.07, 6.45) is -2.70. The number of thiazole rings is 1. The number of ether oxygens (including phenoxy) is 2. The molecule has 0 aliphatic rings. The van der Waals surface area contributed by atoms with Crippen molar-refractivity contribution in [2.24, 2.45) is 4.99 Å². The number of amides is 2. The number of carbonyl (C=O) groups excluding carboxylic acids is 2. The Bertz CT molecular complexity index is 1220. The Labute approximate surface area is 203 Å². The molecule has 2 amide bonds. The second-order valence-electron chi connectivity index (χ2n) is 7.40. The van der Waals surface area contributed by atoms with Gasteiger partial charge in [0.15, 0.2) is 4.80 Å². The summed E-state index contributed by atoms with van der Waals surface area (Å²) < 4.78 is 47.9. The SMILES string of the molecule is COCC(=O)NCCCn1c(-c2ccc(OC(F)(F)F)cc2)csc1=NC(=O)c1ccc(C)cn1. The van der Waals surface area contributed by atoms with E-state index in [1.54, 1.807) is 28.3 Å². The fourth-order valence-electron chi connectivity index (χ4n) is 3.08. The van der Waals surface area contributed by atoms with E-state index >= 15 is 0 Å². The van der Waals surface area contributed by atoms with Gasteiger partial charge in [0.25, 0.3) is 5.91 Å². The van der Waals surface area contributed by atoms with Crippen molar-refractivity contribution in [2.75, 3.05) is 20.3 Å². The zero-order valence-electron chi connectivity index (χ0n) is 19.0. The van der Waals surface area contributed by atoms with Crippen molar-refractivity contribution in [1.82, 2.24) is 14.9 Å². The summed E-state index contributed by atoms with van der Waals surface area (Å²) in [6.45, 7) is 2.55. The first-order valence-electron chi connectivity index (χ1n) is 10.5. The molecule has 3 rings (SSSR count). The van der Waals surface area contributed by atoms with Crippen LogP contribution in [0.3, 0.4) is 0 Å². The molecule has 0 aliphatic carbocycles. The maximum atomic E-state index is 12.7. The molecule has 2 heterocycles. The number of carbonyl (C=O) groups is 2. The van der Waals surface area contributed by atoms with Crippen LogP contribution in [0.25, 0.3) is 11.3 Å². The van der Waals surface area contributed by atoms with E-state index in [0.29, 0.717) is 35.6 Å². The lowest BCUT2D eigenvalue weighted by atomic mass is 10.1. The summed E-state index contributed by atoms with van der Waals surface area (Å²) in [4.78, 5) is 33.0. The number of hydrogen-bond donors (Lipinski definition) is 1. The largest absolute Gasteiger partial charge is 0.573 e. The van der Waals surface area contributed by atoms with Crippen molar-refractivity contribution in [1.29, 1.82) is 0 Å². The zero-order chi connectivity index (χ0) is 25.4. The van der Waals surface area contributed by atoms with Crippen LogP contribution in [0.1, 0.15) is 22.5 Å². The highest BCUT2D eigenvalue weighted by atomic mass is 32.1. The summed E-state index contributed by atoms with van der Waals surface area (Å²) >= 11 is 1.21. The highest BCUT2D eigenvalue weighted by Crippen LogP contribution is 2.27. The Morgan fingerprint density at radius 3 is 2.54 bits per heavy atom. The highest BCUT2D eigenvalue weighted by Gasteiger charge is 2.31. The van der Waals surface area contributed by atoms with Gasteiger partial charge in [-0.05, 0) is 54.8 Å². The fourth-order valence-corrected chi connectivity index (χ4v) is 4.01. The van der Waals surface area contributed by atoms with Crippen molar-refractivity contribution < 1.29 is 32.2 Å². The van der Waals surface area contributed by atoms with Gasteiger partial charge in [0.1, 0.15) is 18.1 Å². The van der Waals surface area contributed by atoms with Crippen LogP contribution in [0.4, 0.5) is 13.2 Å². The second-order valence-corrected chi connectivity index (χ2v) is 8.24. The van der Waals surface area contributed by atoms with Crippen LogP contribution in [0.15, 0.2) is 53.0 Å². The third kappa shape index (κ3) is 7.76. The lowest BCUT2D eigenvalue weighted by Gasteiger charge is -2.12. The molecule has 1 N–H and O–H groups in total. The molecule has 2 aromatic heterocycles. The minimum absolute atomic E-state index is 0.0537. The summed E-state index contributed by atoms with van der Waals surface area (Å²) in [5, 5.41) is 4.48. The molecule has 3 aromatic rings. The third-order valence-corrected chi connectivity index (χ3v) is 5.53. The highest BCUT2D eigenvalue weighted by molar-refractivity contribution is 7.07.